The second-order valence-electron chi connectivity index (χ2n) is 4.64. The van der Waals surface area contributed by atoms with Crippen molar-refractivity contribution in [2.24, 2.45) is 5.73 Å². The summed E-state index contributed by atoms with van der Waals surface area (Å²) in [4.78, 5) is 1.92. The Bertz CT molecular complexity index is 545. The zero-order valence-corrected chi connectivity index (χ0v) is 11.1. The van der Waals surface area contributed by atoms with Crippen molar-refractivity contribution in [1.29, 1.82) is 0 Å². The van der Waals surface area contributed by atoms with Gasteiger partial charge in [0, 0.05) is 30.4 Å². The number of nitrogens with two attached hydrogens (primary N) is 1. The molecule has 100 valence electrons. The van der Waals surface area contributed by atoms with E-state index in [2.05, 4.69) is 0 Å². The third-order valence-electron chi connectivity index (χ3n) is 3.26. The molecule has 0 radical (unpaired) electrons. The van der Waals surface area contributed by atoms with Crippen LogP contribution in [0.4, 0.5) is 10.1 Å². The Morgan fingerprint density at radius 1 is 1.50 bits per heavy atom. The molecule has 1 unspecified atom stereocenters. The van der Waals surface area contributed by atoms with Crippen molar-refractivity contribution in [1.82, 2.24) is 0 Å². The summed E-state index contributed by atoms with van der Waals surface area (Å²) in [5.41, 5.74) is 6.59. The van der Waals surface area contributed by atoms with E-state index in [0.717, 1.165) is 0 Å². The SMILES string of the molecule is CC1CS(=O)(=O)CCN1c1ccc(CN)c(F)c1. The lowest BCUT2D eigenvalue weighted by molar-refractivity contribution is 0.567. The zero-order chi connectivity index (χ0) is 13.3. The summed E-state index contributed by atoms with van der Waals surface area (Å²) in [5, 5.41) is 0. The Hall–Kier alpha value is -1.14. The van der Waals surface area contributed by atoms with Crippen LogP contribution in [0.15, 0.2) is 18.2 Å². The van der Waals surface area contributed by atoms with E-state index in [4.69, 9.17) is 5.73 Å². The van der Waals surface area contributed by atoms with E-state index in [0.29, 0.717) is 17.8 Å². The van der Waals surface area contributed by atoms with Gasteiger partial charge in [0.05, 0.1) is 11.5 Å². The third-order valence-corrected chi connectivity index (χ3v) is 5.05. The second-order valence-corrected chi connectivity index (χ2v) is 6.87. The molecule has 0 aliphatic carbocycles. The molecule has 6 heteroatoms. The molecule has 18 heavy (non-hydrogen) atoms. The van der Waals surface area contributed by atoms with E-state index in [9.17, 15) is 12.8 Å². The van der Waals surface area contributed by atoms with Gasteiger partial charge >= 0.3 is 0 Å². The number of benzene rings is 1. The van der Waals surface area contributed by atoms with E-state index in [-0.39, 0.29) is 29.9 Å². The average molecular weight is 272 g/mol. The molecule has 1 fully saturated rings. The van der Waals surface area contributed by atoms with E-state index >= 15 is 0 Å². The van der Waals surface area contributed by atoms with Crippen LogP contribution in [0.3, 0.4) is 0 Å². The van der Waals surface area contributed by atoms with Gasteiger partial charge in [-0.05, 0) is 19.1 Å². The molecule has 1 aliphatic heterocycles. The van der Waals surface area contributed by atoms with Crippen molar-refractivity contribution >= 4 is 15.5 Å². The largest absolute Gasteiger partial charge is 0.367 e. The summed E-state index contributed by atoms with van der Waals surface area (Å²) in [5.74, 6) is -0.0964. The van der Waals surface area contributed by atoms with Gasteiger partial charge in [0.1, 0.15) is 5.82 Å². The summed E-state index contributed by atoms with van der Waals surface area (Å²) in [6.07, 6.45) is 0. The fourth-order valence-corrected chi connectivity index (χ4v) is 3.82. The van der Waals surface area contributed by atoms with E-state index < -0.39 is 9.84 Å². The van der Waals surface area contributed by atoms with E-state index in [1.165, 1.54) is 6.07 Å². The normalized spacial score (nSPS) is 23.1. The van der Waals surface area contributed by atoms with Gasteiger partial charge in [-0.2, -0.15) is 0 Å². The highest BCUT2D eigenvalue weighted by Crippen LogP contribution is 2.23. The lowest BCUT2D eigenvalue weighted by Crippen LogP contribution is -2.47. The van der Waals surface area contributed by atoms with Crippen LogP contribution >= 0.6 is 0 Å². The molecule has 2 rings (SSSR count). The van der Waals surface area contributed by atoms with Gasteiger partial charge in [0.15, 0.2) is 9.84 Å². The molecule has 1 aromatic rings. The maximum absolute atomic E-state index is 13.7. The maximum atomic E-state index is 13.7. The molecule has 1 saturated heterocycles. The number of sulfone groups is 1. The van der Waals surface area contributed by atoms with Gasteiger partial charge in [-0.15, -0.1) is 0 Å². The Morgan fingerprint density at radius 2 is 2.22 bits per heavy atom. The molecular formula is C12H17FN2O2S. The van der Waals surface area contributed by atoms with Crippen LogP contribution < -0.4 is 10.6 Å². The van der Waals surface area contributed by atoms with Crippen LogP contribution in [0.1, 0.15) is 12.5 Å². The van der Waals surface area contributed by atoms with Gasteiger partial charge in [-0.1, -0.05) is 6.07 Å². The highest BCUT2D eigenvalue weighted by molar-refractivity contribution is 7.91. The van der Waals surface area contributed by atoms with Crippen LogP contribution in [0.2, 0.25) is 0 Å². The smallest absolute Gasteiger partial charge is 0.154 e. The summed E-state index contributed by atoms with van der Waals surface area (Å²) in [7, 11) is -2.95. The predicted molar refractivity (Wildman–Crippen MR) is 69.8 cm³/mol. The van der Waals surface area contributed by atoms with Gasteiger partial charge in [-0.25, -0.2) is 12.8 Å². The summed E-state index contributed by atoms with van der Waals surface area (Å²) < 4.78 is 36.6. The molecule has 1 aromatic carbocycles. The van der Waals surface area contributed by atoms with Crippen LogP contribution in [0.5, 0.6) is 0 Å². The fourth-order valence-electron chi connectivity index (χ4n) is 2.26. The molecule has 4 nitrogen and oxygen atoms in total. The highest BCUT2D eigenvalue weighted by Gasteiger charge is 2.28. The highest BCUT2D eigenvalue weighted by atomic mass is 32.2. The number of halogens is 1. The average Bonchev–Trinajstić information content (AvgIpc) is 2.27. The summed E-state index contributed by atoms with van der Waals surface area (Å²) >= 11 is 0. The van der Waals surface area contributed by atoms with Crippen LogP contribution in [0, 0.1) is 5.82 Å². The number of anilines is 1. The molecule has 0 saturated carbocycles. The molecule has 0 bridgehead atoms. The van der Waals surface area contributed by atoms with Crippen molar-refractivity contribution in [2.45, 2.75) is 19.5 Å². The van der Waals surface area contributed by atoms with E-state index in [1.54, 1.807) is 12.1 Å². The zero-order valence-electron chi connectivity index (χ0n) is 10.3. The molecule has 2 N–H and O–H groups in total. The predicted octanol–water partition coefficient (Wildman–Crippen LogP) is 0.908. The fraction of sp³-hybridized carbons (Fsp3) is 0.500. The topological polar surface area (TPSA) is 63.4 Å². The van der Waals surface area contributed by atoms with Crippen molar-refractivity contribution in [3.8, 4) is 0 Å². The maximum Gasteiger partial charge on any atom is 0.154 e. The summed E-state index contributed by atoms with van der Waals surface area (Å²) in [6, 6.07) is 4.74. The second kappa shape index (κ2) is 4.85. The standard InChI is InChI=1S/C12H17FN2O2S/c1-9-8-18(16,17)5-4-15(9)11-3-2-10(7-14)12(13)6-11/h2-3,6,9H,4-5,7-8,14H2,1H3. The number of rotatable bonds is 2. The minimum absolute atomic E-state index is 0.118. The molecular weight excluding hydrogens is 255 g/mol. The van der Waals surface area contributed by atoms with Crippen LogP contribution in [0.25, 0.3) is 0 Å². The monoisotopic (exact) mass is 272 g/mol. The number of hydrogen-bond donors (Lipinski definition) is 1. The summed E-state index contributed by atoms with van der Waals surface area (Å²) in [6.45, 7) is 2.41. The van der Waals surface area contributed by atoms with Crippen molar-refractivity contribution < 1.29 is 12.8 Å². The molecule has 1 heterocycles. The van der Waals surface area contributed by atoms with Crippen molar-refractivity contribution in [3.05, 3.63) is 29.6 Å². The van der Waals surface area contributed by atoms with E-state index in [1.807, 2.05) is 11.8 Å². The number of nitrogens with zero attached hydrogens (tertiary/aromatic N) is 1. The minimum atomic E-state index is -2.95. The molecule has 1 aliphatic rings. The lowest BCUT2D eigenvalue weighted by atomic mass is 10.1. The Labute approximate surface area is 107 Å². The van der Waals surface area contributed by atoms with Crippen molar-refractivity contribution in [2.75, 3.05) is 23.0 Å². The quantitative estimate of drug-likeness (QED) is 0.869. The first-order valence-corrected chi connectivity index (χ1v) is 7.70. The first-order chi connectivity index (χ1) is 8.43. The van der Waals surface area contributed by atoms with Gasteiger partial charge in [0.25, 0.3) is 0 Å². The van der Waals surface area contributed by atoms with Crippen LogP contribution in [-0.2, 0) is 16.4 Å². The van der Waals surface area contributed by atoms with Crippen LogP contribution in [-0.4, -0.2) is 32.5 Å². The number of hydrogen-bond acceptors (Lipinski definition) is 4. The Morgan fingerprint density at radius 3 is 2.78 bits per heavy atom. The Balaban J connectivity index is 2.25. The lowest BCUT2D eigenvalue weighted by Gasteiger charge is -2.35. The van der Waals surface area contributed by atoms with Gasteiger partial charge in [0.2, 0.25) is 0 Å². The molecule has 1 atom stereocenters. The first kappa shape index (κ1) is 13.3. The van der Waals surface area contributed by atoms with Crippen molar-refractivity contribution in [3.63, 3.8) is 0 Å². The third kappa shape index (κ3) is 2.64. The minimum Gasteiger partial charge on any atom is -0.367 e. The molecule has 0 spiro atoms. The molecule has 0 aromatic heterocycles. The Kier molecular flexibility index (Phi) is 3.59. The van der Waals surface area contributed by atoms with Gasteiger partial charge < -0.3 is 10.6 Å². The molecule has 0 amide bonds. The first-order valence-electron chi connectivity index (χ1n) is 5.88. The van der Waals surface area contributed by atoms with Gasteiger partial charge in [-0.3, -0.25) is 0 Å².